The fraction of sp³-hybridized carbons (Fsp3) is 0.0769. The van der Waals surface area contributed by atoms with Crippen molar-refractivity contribution < 1.29 is 9.59 Å². The molecule has 2 aromatic heterocycles. The van der Waals surface area contributed by atoms with E-state index in [1.165, 1.54) is 12.2 Å². The van der Waals surface area contributed by atoms with Gasteiger partial charge in [0.05, 0.1) is 0 Å². The molecule has 0 spiro atoms. The molecule has 0 radical (unpaired) electrons. The number of carbonyl (C=O) groups is 2. The van der Waals surface area contributed by atoms with Gasteiger partial charge in [0.1, 0.15) is 17.1 Å². The summed E-state index contributed by atoms with van der Waals surface area (Å²) in [6.07, 6.45) is 4.17. The van der Waals surface area contributed by atoms with Gasteiger partial charge in [-0.2, -0.15) is 0 Å². The number of nitrogens with zero attached hydrogens (tertiary/aromatic N) is 3. The van der Waals surface area contributed by atoms with E-state index in [4.69, 9.17) is 0 Å². The third-order valence-electron chi connectivity index (χ3n) is 2.84. The van der Waals surface area contributed by atoms with Crippen LogP contribution in [0.2, 0.25) is 0 Å². The Bertz CT molecular complexity index is 684. The van der Waals surface area contributed by atoms with Gasteiger partial charge in [0.2, 0.25) is 11.6 Å². The van der Waals surface area contributed by atoms with Crippen LogP contribution in [-0.2, 0) is 7.05 Å². The first-order valence-corrected chi connectivity index (χ1v) is 5.43. The standard InChI is InChI=1S/C13H9N3O2/c1-16-12-10(18)6-5-9(17)11(12)15-13(16)8-4-2-3-7-14-8/h2-7H,1H3. The zero-order valence-electron chi connectivity index (χ0n) is 9.62. The van der Waals surface area contributed by atoms with E-state index in [2.05, 4.69) is 9.97 Å². The van der Waals surface area contributed by atoms with E-state index in [-0.39, 0.29) is 17.3 Å². The van der Waals surface area contributed by atoms with Crippen molar-refractivity contribution in [2.45, 2.75) is 0 Å². The van der Waals surface area contributed by atoms with E-state index in [0.717, 1.165) is 0 Å². The molecule has 0 bridgehead atoms. The second kappa shape index (κ2) is 3.73. The smallest absolute Gasteiger partial charge is 0.206 e. The summed E-state index contributed by atoms with van der Waals surface area (Å²) in [5.41, 5.74) is 1.16. The summed E-state index contributed by atoms with van der Waals surface area (Å²) in [6, 6.07) is 5.41. The first kappa shape index (κ1) is 10.6. The fourth-order valence-electron chi connectivity index (χ4n) is 1.99. The van der Waals surface area contributed by atoms with Crippen LogP contribution >= 0.6 is 0 Å². The van der Waals surface area contributed by atoms with Gasteiger partial charge in [-0.25, -0.2) is 4.98 Å². The van der Waals surface area contributed by atoms with E-state index in [1.54, 1.807) is 29.9 Å². The Morgan fingerprint density at radius 3 is 2.56 bits per heavy atom. The maximum absolute atomic E-state index is 11.8. The van der Waals surface area contributed by atoms with E-state index < -0.39 is 0 Å². The lowest BCUT2D eigenvalue weighted by Crippen LogP contribution is -2.14. The maximum atomic E-state index is 11.8. The van der Waals surface area contributed by atoms with Crippen LogP contribution in [0.3, 0.4) is 0 Å². The Hall–Kier alpha value is -2.56. The molecule has 0 N–H and O–H groups in total. The Balaban J connectivity index is 2.24. The summed E-state index contributed by atoms with van der Waals surface area (Å²) in [5, 5.41) is 0. The molecule has 0 amide bonds. The topological polar surface area (TPSA) is 64.8 Å². The molecular weight excluding hydrogens is 230 g/mol. The monoisotopic (exact) mass is 239 g/mol. The summed E-state index contributed by atoms with van der Waals surface area (Å²) in [6.45, 7) is 0. The van der Waals surface area contributed by atoms with Crippen LogP contribution in [0, 0.1) is 0 Å². The predicted molar refractivity (Wildman–Crippen MR) is 64.2 cm³/mol. The molecule has 2 aromatic rings. The molecule has 0 atom stereocenters. The molecule has 0 aromatic carbocycles. The number of allylic oxidation sites excluding steroid dienone is 2. The van der Waals surface area contributed by atoms with Gasteiger partial charge in [-0.05, 0) is 24.3 Å². The van der Waals surface area contributed by atoms with Gasteiger partial charge >= 0.3 is 0 Å². The zero-order chi connectivity index (χ0) is 12.7. The van der Waals surface area contributed by atoms with Crippen LogP contribution in [0.5, 0.6) is 0 Å². The van der Waals surface area contributed by atoms with Crippen molar-refractivity contribution >= 4 is 11.6 Å². The van der Waals surface area contributed by atoms with E-state index in [0.29, 0.717) is 17.2 Å². The van der Waals surface area contributed by atoms with Crippen molar-refractivity contribution in [1.82, 2.24) is 14.5 Å². The molecule has 1 aliphatic rings. The van der Waals surface area contributed by atoms with Crippen LogP contribution in [0.25, 0.3) is 11.5 Å². The second-order valence-corrected chi connectivity index (χ2v) is 3.97. The van der Waals surface area contributed by atoms with Crippen LogP contribution in [-0.4, -0.2) is 26.1 Å². The fourth-order valence-corrected chi connectivity index (χ4v) is 1.99. The third-order valence-corrected chi connectivity index (χ3v) is 2.84. The minimum Gasteiger partial charge on any atom is -0.322 e. The molecule has 1 aliphatic carbocycles. The summed E-state index contributed by atoms with van der Waals surface area (Å²) in [7, 11) is 1.71. The summed E-state index contributed by atoms with van der Waals surface area (Å²) in [4.78, 5) is 31.9. The number of ketones is 2. The molecule has 0 fully saturated rings. The molecule has 0 aliphatic heterocycles. The second-order valence-electron chi connectivity index (χ2n) is 3.97. The first-order valence-electron chi connectivity index (χ1n) is 5.43. The van der Waals surface area contributed by atoms with Gasteiger partial charge in [-0.15, -0.1) is 0 Å². The quantitative estimate of drug-likeness (QED) is 0.754. The molecule has 0 unspecified atom stereocenters. The molecule has 0 saturated carbocycles. The predicted octanol–water partition coefficient (Wildman–Crippen LogP) is 1.42. The Kier molecular flexibility index (Phi) is 2.19. The van der Waals surface area contributed by atoms with Crippen molar-refractivity contribution in [3.63, 3.8) is 0 Å². The van der Waals surface area contributed by atoms with E-state index in [1.807, 2.05) is 6.07 Å². The van der Waals surface area contributed by atoms with E-state index in [9.17, 15) is 9.59 Å². The number of hydrogen-bond acceptors (Lipinski definition) is 4. The molecule has 2 heterocycles. The summed E-state index contributed by atoms with van der Waals surface area (Å²) < 4.78 is 1.61. The SMILES string of the molecule is Cn1c(-c2ccccn2)nc2c1C(=O)C=CC2=O. The minimum absolute atomic E-state index is 0.200. The Morgan fingerprint density at radius 1 is 1.11 bits per heavy atom. The van der Waals surface area contributed by atoms with Gasteiger partial charge in [-0.3, -0.25) is 14.6 Å². The van der Waals surface area contributed by atoms with Crippen molar-refractivity contribution in [1.29, 1.82) is 0 Å². The lowest BCUT2D eigenvalue weighted by Gasteiger charge is -2.05. The first-order chi connectivity index (χ1) is 8.68. The largest absolute Gasteiger partial charge is 0.322 e. The highest BCUT2D eigenvalue weighted by Crippen LogP contribution is 2.23. The number of aromatic nitrogens is 3. The van der Waals surface area contributed by atoms with Crippen LogP contribution < -0.4 is 0 Å². The number of hydrogen-bond donors (Lipinski definition) is 0. The summed E-state index contributed by atoms with van der Waals surface area (Å²) in [5.74, 6) is 0.0650. The lowest BCUT2D eigenvalue weighted by atomic mass is 10.1. The highest BCUT2D eigenvalue weighted by Gasteiger charge is 2.27. The number of imidazole rings is 1. The summed E-state index contributed by atoms with van der Waals surface area (Å²) >= 11 is 0. The highest BCUT2D eigenvalue weighted by atomic mass is 16.1. The highest BCUT2D eigenvalue weighted by molar-refractivity contribution is 6.20. The number of pyridine rings is 1. The molecular formula is C13H9N3O2. The van der Waals surface area contributed by atoms with Crippen LogP contribution in [0.15, 0.2) is 36.5 Å². The minimum atomic E-state index is -0.248. The van der Waals surface area contributed by atoms with Crippen molar-refractivity contribution in [2.24, 2.45) is 7.05 Å². The van der Waals surface area contributed by atoms with Crippen molar-refractivity contribution in [3.05, 3.63) is 47.9 Å². The van der Waals surface area contributed by atoms with Crippen molar-refractivity contribution in [3.8, 4) is 11.5 Å². The van der Waals surface area contributed by atoms with Gasteiger partial charge < -0.3 is 4.57 Å². The zero-order valence-corrected chi connectivity index (χ0v) is 9.62. The molecule has 5 heteroatoms. The number of fused-ring (bicyclic) bond motifs is 1. The van der Waals surface area contributed by atoms with Gasteiger partial charge in [-0.1, -0.05) is 6.07 Å². The molecule has 18 heavy (non-hydrogen) atoms. The van der Waals surface area contributed by atoms with Gasteiger partial charge in [0.15, 0.2) is 5.82 Å². The normalized spacial score (nSPS) is 13.8. The maximum Gasteiger partial charge on any atom is 0.206 e. The Labute approximate surface area is 103 Å². The number of rotatable bonds is 1. The average Bonchev–Trinajstić information content (AvgIpc) is 2.74. The Morgan fingerprint density at radius 2 is 1.89 bits per heavy atom. The molecule has 0 saturated heterocycles. The van der Waals surface area contributed by atoms with Crippen LogP contribution in [0.4, 0.5) is 0 Å². The average molecular weight is 239 g/mol. The number of carbonyl (C=O) groups excluding carboxylic acids is 2. The van der Waals surface area contributed by atoms with Gasteiger partial charge in [0.25, 0.3) is 0 Å². The molecule has 3 rings (SSSR count). The van der Waals surface area contributed by atoms with Gasteiger partial charge in [0, 0.05) is 13.2 Å². The lowest BCUT2D eigenvalue weighted by molar-refractivity contribution is 0.0987. The van der Waals surface area contributed by atoms with Crippen LogP contribution in [0.1, 0.15) is 21.0 Å². The molecule has 5 nitrogen and oxygen atoms in total. The van der Waals surface area contributed by atoms with E-state index >= 15 is 0 Å². The third kappa shape index (κ3) is 1.41. The molecule has 88 valence electrons. The van der Waals surface area contributed by atoms with Crippen molar-refractivity contribution in [2.75, 3.05) is 0 Å².